The Morgan fingerprint density at radius 2 is 2.00 bits per heavy atom. The normalized spacial score (nSPS) is 8.57. The number of hydrogen-bond donors (Lipinski definition) is 0. The zero-order chi connectivity index (χ0) is 11.0. The minimum atomic E-state index is 0.147. The molecule has 0 aliphatic carbocycles. The highest BCUT2D eigenvalue weighted by molar-refractivity contribution is 5.96. The van der Waals surface area contributed by atoms with E-state index in [1.807, 2.05) is 32.9 Å². The number of hydrogen-bond acceptors (Lipinski definition) is 2. The largest absolute Gasteiger partial charge is 0.497 e. The van der Waals surface area contributed by atoms with Crippen molar-refractivity contribution in [1.29, 1.82) is 0 Å². The molecular weight excluding hydrogens is 176 g/mol. The Balaban J connectivity index is 0.000000791. The number of benzene rings is 1. The van der Waals surface area contributed by atoms with E-state index in [-0.39, 0.29) is 5.78 Å². The van der Waals surface area contributed by atoms with Crippen molar-refractivity contribution >= 4 is 5.78 Å². The zero-order valence-electron chi connectivity index (χ0n) is 9.33. The summed E-state index contributed by atoms with van der Waals surface area (Å²) in [4.78, 5) is 11.2. The van der Waals surface area contributed by atoms with Crippen LogP contribution in [0.1, 0.15) is 37.6 Å². The molecule has 78 valence electrons. The molecule has 0 spiro atoms. The van der Waals surface area contributed by atoms with Crippen molar-refractivity contribution in [3.8, 4) is 5.75 Å². The lowest BCUT2D eigenvalue weighted by Gasteiger charge is -2.01. The van der Waals surface area contributed by atoms with E-state index in [2.05, 4.69) is 0 Å². The van der Waals surface area contributed by atoms with Crippen molar-refractivity contribution in [2.24, 2.45) is 0 Å². The van der Waals surface area contributed by atoms with Gasteiger partial charge < -0.3 is 4.74 Å². The van der Waals surface area contributed by atoms with Gasteiger partial charge in [0.05, 0.1) is 7.11 Å². The Morgan fingerprint density at radius 3 is 2.50 bits per heavy atom. The average molecular weight is 194 g/mol. The molecule has 0 saturated heterocycles. The van der Waals surface area contributed by atoms with Crippen LogP contribution in [0, 0.1) is 0 Å². The summed E-state index contributed by atoms with van der Waals surface area (Å²) in [5, 5.41) is 0. The molecule has 2 nitrogen and oxygen atoms in total. The molecule has 0 amide bonds. The molecule has 0 N–H and O–H groups in total. The van der Waals surface area contributed by atoms with E-state index in [1.54, 1.807) is 19.2 Å². The van der Waals surface area contributed by atoms with Crippen molar-refractivity contribution in [2.45, 2.75) is 27.2 Å². The Morgan fingerprint density at radius 1 is 1.36 bits per heavy atom. The van der Waals surface area contributed by atoms with Crippen LogP contribution in [0.3, 0.4) is 0 Å². The second-order valence-electron chi connectivity index (χ2n) is 2.51. The van der Waals surface area contributed by atoms with E-state index in [0.717, 1.165) is 11.3 Å². The smallest absolute Gasteiger partial charge is 0.162 e. The minimum absolute atomic E-state index is 0.147. The van der Waals surface area contributed by atoms with Crippen LogP contribution in [-0.2, 0) is 0 Å². The Kier molecular flexibility index (Phi) is 6.46. The van der Waals surface area contributed by atoms with Crippen LogP contribution in [0.4, 0.5) is 0 Å². The summed E-state index contributed by atoms with van der Waals surface area (Å²) in [5.41, 5.74) is 0.719. The zero-order valence-corrected chi connectivity index (χ0v) is 9.33. The molecule has 1 aromatic carbocycles. The molecule has 0 bridgehead atoms. The van der Waals surface area contributed by atoms with Crippen LogP contribution in [0.25, 0.3) is 0 Å². The first-order valence-corrected chi connectivity index (χ1v) is 4.95. The van der Waals surface area contributed by atoms with Gasteiger partial charge in [0, 0.05) is 12.0 Å². The molecule has 0 fully saturated rings. The number of ether oxygens (including phenoxy) is 1. The summed E-state index contributed by atoms with van der Waals surface area (Å²) in [6, 6.07) is 7.20. The fourth-order valence-electron chi connectivity index (χ4n) is 1.00. The van der Waals surface area contributed by atoms with E-state index in [0.29, 0.717) is 6.42 Å². The summed E-state index contributed by atoms with van der Waals surface area (Å²) in [7, 11) is 1.59. The highest BCUT2D eigenvalue weighted by Crippen LogP contribution is 2.13. The molecule has 0 heterocycles. The summed E-state index contributed by atoms with van der Waals surface area (Å²) < 4.78 is 5.00. The molecular formula is C12H18O2. The van der Waals surface area contributed by atoms with Crippen molar-refractivity contribution in [1.82, 2.24) is 0 Å². The van der Waals surface area contributed by atoms with Gasteiger partial charge >= 0.3 is 0 Å². The molecule has 1 aromatic rings. The number of methoxy groups -OCH3 is 1. The van der Waals surface area contributed by atoms with E-state index in [1.165, 1.54) is 0 Å². The van der Waals surface area contributed by atoms with Gasteiger partial charge in [-0.1, -0.05) is 32.9 Å². The number of carbonyl (C=O) groups excluding carboxylic acids is 1. The van der Waals surface area contributed by atoms with Crippen LogP contribution in [0.2, 0.25) is 0 Å². The molecule has 14 heavy (non-hydrogen) atoms. The van der Waals surface area contributed by atoms with Crippen LogP contribution in [0.15, 0.2) is 24.3 Å². The average Bonchev–Trinajstić information content (AvgIpc) is 2.30. The first-order chi connectivity index (χ1) is 6.77. The highest BCUT2D eigenvalue weighted by Gasteiger charge is 2.02. The molecule has 1 rings (SSSR count). The van der Waals surface area contributed by atoms with Crippen molar-refractivity contribution in [2.75, 3.05) is 7.11 Å². The van der Waals surface area contributed by atoms with E-state index >= 15 is 0 Å². The third-order valence-corrected chi connectivity index (χ3v) is 1.71. The highest BCUT2D eigenvalue weighted by atomic mass is 16.5. The van der Waals surface area contributed by atoms with Gasteiger partial charge in [-0.25, -0.2) is 0 Å². The molecule has 0 atom stereocenters. The molecule has 0 radical (unpaired) electrons. The van der Waals surface area contributed by atoms with Crippen LogP contribution in [0.5, 0.6) is 5.75 Å². The molecule has 0 aliphatic heterocycles. The van der Waals surface area contributed by atoms with Gasteiger partial charge in [-0.3, -0.25) is 4.79 Å². The van der Waals surface area contributed by atoms with Crippen molar-refractivity contribution in [3.63, 3.8) is 0 Å². The second-order valence-corrected chi connectivity index (χ2v) is 2.51. The van der Waals surface area contributed by atoms with Crippen LogP contribution < -0.4 is 4.74 Å². The minimum Gasteiger partial charge on any atom is -0.497 e. The van der Waals surface area contributed by atoms with Gasteiger partial charge in [0.2, 0.25) is 0 Å². The molecule has 0 unspecified atom stereocenters. The molecule has 0 saturated carbocycles. The van der Waals surface area contributed by atoms with Crippen LogP contribution in [-0.4, -0.2) is 12.9 Å². The fraction of sp³-hybridized carbons (Fsp3) is 0.417. The van der Waals surface area contributed by atoms with Gasteiger partial charge in [0.15, 0.2) is 5.78 Å². The summed E-state index contributed by atoms with van der Waals surface area (Å²) >= 11 is 0. The second kappa shape index (κ2) is 7.13. The lowest BCUT2D eigenvalue weighted by atomic mass is 10.1. The molecule has 0 aliphatic rings. The van der Waals surface area contributed by atoms with Crippen LogP contribution >= 0.6 is 0 Å². The van der Waals surface area contributed by atoms with Gasteiger partial charge in [0.1, 0.15) is 5.75 Å². The van der Waals surface area contributed by atoms with Gasteiger partial charge in [-0.15, -0.1) is 0 Å². The SMILES string of the molecule is CC.CCC(=O)c1cccc(OC)c1. The summed E-state index contributed by atoms with van der Waals surface area (Å²) in [5.74, 6) is 0.878. The Labute approximate surface area is 85.9 Å². The maximum absolute atomic E-state index is 11.2. The fourth-order valence-corrected chi connectivity index (χ4v) is 1.00. The predicted octanol–water partition coefficient (Wildman–Crippen LogP) is 3.31. The first kappa shape index (κ1) is 12.7. The number of Topliss-reactive ketones (excluding diaryl/α,β-unsaturated/α-hetero) is 1. The third-order valence-electron chi connectivity index (χ3n) is 1.71. The number of rotatable bonds is 3. The monoisotopic (exact) mass is 194 g/mol. The third kappa shape index (κ3) is 3.60. The van der Waals surface area contributed by atoms with Crippen molar-refractivity contribution < 1.29 is 9.53 Å². The van der Waals surface area contributed by atoms with E-state index in [9.17, 15) is 4.79 Å². The predicted molar refractivity (Wildman–Crippen MR) is 59.0 cm³/mol. The van der Waals surface area contributed by atoms with Gasteiger partial charge in [-0.2, -0.15) is 0 Å². The number of carbonyl (C=O) groups is 1. The molecule has 2 heteroatoms. The quantitative estimate of drug-likeness (QED) is 0.690. The van der Waals surface area contributed by atoms with E-state index in [4.69, 9.17) is 4.74 Å². The topological polar surface area (TPSA) is 26.3 Å². The van der Waals surface area contributed by atoms with E-state index < -0.39 is 0 Å². The van der Waals surface area contributed by atoms with Gasteiger partial charge in [0.25, 0.3) is 0 Å². The first-order valence-electron chi connectivity index (χ1n) is 4.95. The maximum Gasteiger partial charge on any atom is 0.162 e. The lowest BCUT2D eigenvalue weighted by Crippen LogP contribution is -1.96. The molecule has 0 aromatic heterocycles. The maximum atomic E-state index is 11.2. The standard InChI is InChI=1S/C10H12O2.C2H6/c1-3-10(11)8-5-4-6-9(7-8)12-2;1-2/h4-7H,3H2,1-2H3;1-2H3. The summed E-state index contributed by atoms with van der Waals surface area (Å²) in [6.45, 7) is 5.85. The van der Waals surface area contributed by atoms with Gasteiger partial charge in [-0.05, 0) is 12.1 Å². The lowest BCUT2D eigenvalue weighted by molar-refractivity contribution is 0.0988. The Hall–Kier alpha value is -1.31. The Bertz CT molecular complexity index is 279. The summed E-state index contributed by atoms with van der Waals surface area (Å²) in [6.07, 6.45) is 0.535. The van der Waals surface area contributed by atoms with Crippen molar-refractivity contribution in [3.05, 3.63) is 29.8 Å². The number of ketones is 1.